The second-order valence-corrected chi connectivity index (χ2v) is 7.46. The third kappa shape index (κ3) is 4.99. The molecule has 7 nitrogen and oxygen atoms in total. The third-order valence-electron chi connectivity index (χ3n) is 3.56. The molecule has 0 aromatic carbocycles. The molecule has 1 saturated heterocycles. The highest BCUT2D eigenvalue weighted by atomic mass is 32.2. The van der Waals surface area contributed by atoms with Gasteiger partial charge in [-0.05, 0) is 25.7 Å². The topological polar surface area (TPSA) is 104 Å². The van der Waals surface area contributed by atoms with Crippen LogP contribution in [0.4, 0.5) is 4.79 Å². The highest BCUT2D eigenvalue weighted by molar-refractivity contribution is 7.91. The van der Waals surface area contributed by atoms with Crippen LogP contribution in [0.25, 0.3) is 0 Å². The van der Waals surface area contributed by atoms with Crippen LogP contribution in [0.15, 0.2) is 0 Å². The van der Waals surface area contributed by atoms with Gasteiger partial charge in [0.05, 0.1) is 11.5 Å². The lowest BCUT2D eigenvalue weighted by molar-refractivity contribution is -0.138. The molecule has 0 aromatic rings. The Balaban J connectivity index is 2.52. The van der Waals surface area contributed by atoms with Gasteiger partial charge in [0.2, 0.25) is 0 Å². The maximum atomic E-state index is 12.0. The summed E-state index contributed by atoms with van der Waals surface area (Å²) in [4.78, 5) is 24.0. The van der Waals surface area contributed by atoms with Crippen LogP contribution in [0.1, 0.15) is 26.7 Å². The predicted molar refractivity (Wildman–Crippen MR) is 74.3 cm³/mol. The number of hydrogen-bond acceptors (Lipinski definition) is 4. The summed E-state index contributed by atoms with van der Waals surface area (Å²) >= 11 is 0. The molecule has 2 atom stereocenters. The fourth-order valence-corrected chi connectivity index (χ4v) is 4.02. The summed E-state index contributed by atoms with van der Waals surface area (Å²) in [5.74, 6) is -0.885. The van der Waals surface area contributed by atoms with Gasteiger partial charge in [0.25, 0.3) is 0 Å². The van der Waals surface area contributed by atoms with Gasteiger partial charge in [-0.2, -0.15) is 0 Å². The molecule has 0 spiro atoms. The van der Waals surface area contributed by atoms with Gasteiger partial charge in [0.1, 0.15) is 6.54 Å². The summed E-state index contributed by atoms with van der Waals surface area (Å²) in [6, 6.07) is -0.635. The van der Waals surface area contributed by atoms with Gasteiger partial charge in [-0.25, -0.2) is 13.2 Å². The van der Waals surface area contributed by atoms with E-state index in [0.717, 1.165) is 0 Å². The molecule has 1 fully saturated rings. The van der Waals surface area contributed by atoms with Crippen molar-refractivity contribution in [1.82, 2.24) is 10.2 Å². The minimum absolute atomic E-state index is 0.0763. The molecule has 2 unspecified atom stereocenters. The van der Waals surface area contributed by atoms with E-state index in [1.165, 1.54) is 4.90 Å². The lowest BCUT2D eigenvalue weighted by Gasteiger charge is -2.27. The van der Waals surface area contributed by atoms with Crippen molar-refractivity contribution in [3.63, 3.8) is 0 Å². The van der Waals surface area contributed by atoms with Crippen molar-refractivity contribution in [2.75, 3.05) is 24.6 Å². The first-order valence-electron chi connectivity index (χ1n) is 6.72. The quantitative estimate of drug-likeness (QED) is 0.735. The number of sulfone groups is 1. The Labute approximate surface area is 119 Å². The van der Waals surface area contributed by atoms with Crippen molar-refractivity contribution in [3.05, 3.63) is 0 Å². The second kappa shape index (κ2) is 6.92. The molecule has 116 valence electrons. The zero-order valence-electron chi connectivity index (χ0n) is 11.8. The van der Waals surface area contributed by atoms with Crippen LogP contribution in [0.3, 0.4) is 0 Å². The summed E-state index contributed by atoms with van der Waals surface area (Å²) in [6.45, 7) is 3.56. The Bertz CT molecular complexity index is 462. The van der Waals surface area contributed by atoms with E-state index >= 15 is 0 Å². The zero-order chi connectivity index (χ0) is 15.3. The van der Waals surface area contributed by atoms with Gasteiger partial charge < -0.3 is 15.3 Å². The Kier molecular flexibility index (Phi) is 5.79. The summed E-state index contributed by atoms with van der Waals surface area (Å²) in [6.07, 6.45) is 1.20. The Hall–Kier alpha value is -1.31. The number of rotatable bonds is 6. The molecular formula is C12H22N2O5S. The standard InChI is InChI=1S/C12H22N2O5S/c1-3-9(2)14(7-11(15)16)12(17)13-6-10-4-5-20(18,19)8-10/h9-10H,3-8H2,1-2H3,(H,13,17)(H,15,16). The molecule has 20 heavy (non-hydrogen) atoms. The van der Waals surface area contributed by atoms with Crippen molar-refractivity contribution in [2.24, 2.45) is 5.92 Å². The van der Waals surface area contributed by atoms with E-state index in [-0.39, 0.29) is 36.6 Å². The van der Waals surface area contributed by atoms with Crippen LogP contribution in [0, 0.1) is 5.92 Å². The molecule has 0 radical (unpaired) electrons. The first-order valence-corrected chi connectivity index (χ1v) is 8.54. The summed E-state index contributed by atoms with van der Waals surface area (Å²) in [5.41, 5.74) is 0. The lowest BCUT2D eigenvalue weighted by Crippen LogP contribution is -2.48. The predicted octanol–water partition coefficient (Wildman–Crippen LogP) is 0.316. The molecule has 1 aliphatic heterocycles. The first-order chi connectivity index (χ1) is 9.25. The lowest BCUT2D eigenvalue weighted by atomic mass is 10.1. The van der Waals surface area contributed by atoms with Gasteiger partial charge in [-0.3, -0.25) is 4.79 Å². The van der Waals surface area contributed by atoms with E-state index in [1.807, 2.05) is 6.92 Å². The molecule has 2 amide bonds. The third-order valence-corrected chi connectivity index (χ3v) is 5.40. The Morgan fingerprint density at radius 2 is 2.10 bits per heavy atom. The van der Waals surface area contributed by atoms with Gasteiger partial charge in [0.15, 0.2) is 9.84 Å². The zero-order valence-corrected chi connectivity index (χ0v) is 12.6. The summed E-state index contributed by atoms with van der Waals surface area (Å²) in [7, 11) is -2.96. The van der Waals surface area contributed by atoms with E-state index in [9.17, 15) is 18.0 Å². The monoisotopic (exact) mass is 306 g/mol. The van der Waals surface area contributed by atoms with Gasteiger partial charge in [-0.15, -0.1) is 0 Å². The van der Waals surface area contributed by atoms with Crippen molar-refractivity contribution in [3.8, 4) is 0 Å². The number of urea groups is 1. The van der Waals surface area contributed by atoms with E-state index in [2.05, 4.69) is 5.32 Å². The molecular weight excluding hydrogens is 284 g/mol. The van der Waals surface area contributed by atoms with Crippen LogP contribution in [-0.2, 0) is 14.6 Å². The number of carboxylic acids is 1. The van der Waals surface area contributed by atoms with Gasteiger partial charge in [0, 0.05) is 12.6 Å². The van der Waals surface area contributed by atoms with Crippen molar-refractivity contribution >= 4 is 21.8 Å². The number of aliphatic carboxylic acids is 1. The van der Waals surface area contributed by atoms with Gasteiger partial charge >= 0.3 is 12.0 Å². The molecule has 1 aliphatic rings. The van der Waals surface area contributed by atoms with Crippen molar-refractivity contribution in [1.29, 1.82) is 0 Å². The molecule has 0 aliphatic carbocycles. The minimum atomic E-state index is -2.96. The Morgan fingerprint density at radius 3 is 2.55 bits per heavy atom. The molecule has 2 N–H and O–H groups in total. The number of nitrogens with one attached hydrogen (secondary N) is 1. The summed E-state index contributed by atoms with van der Waals surface area (Å²) < 4.78 is 22.6. The van der Waals surface area contributed by atoms with Crippen molar-refractivity contribution < 1.29 is 23.1 Å². The number of carbonyl (C=O) groups excluding carboxylic acids is 1. The molecule has 0 aromatic heterocycles. The van der Waals surface area contributed by atoms with Crippen LogP contribution in [0.2, 0.25) is 0 Å². The molecule has 1 rings (SSSR count). The molecule has 0 bridgehead atoms. The number of amides is 2. The van der Waals surface area contributed by atoms with Crippen LogP contribution >= 0.6 is 0 Å². The SMILES string of the molecule is CCC(C)N(CC(=O)O)C(=O)NCC1CCS(=O)(=O)C1. The van der Waals surface area contributed by atoms with E-state index < -0.39 is 21.8 Å². The number of hydrogen-bond donors (Lipinski definition) is 2. The first kappa shape index (κ1) is 16.7. The number of nitrogens with zero attached hydrogens (tertiary/aromatic N) is 1. The Morgan fingerprint density at radius 1 is 1.45 bits per heavy atom. The largest absolute Gasteiger partial charge is 0.480 e. The van der Waals surface area contributed by atoms with E-state index in [1.54, 1.807) is 6.92 Å². The normalized spacial score (nSPS) is 22.2. The van der Waals surface area contributed by atoms with Crippen LogP contribution in [-0.4, -0.2) is 61.1 Å². The number of carboxylic acid groups (broad SMARTS) is 1. The maximum Gasteiger partial charge on any atom is 0.323 e. The molecule has 0 saturated carbocycles. The molecule has 8 heteroatoms. The molecule has 1 heterocycles. The number of carbonyl (C=O) groups is 2. The van der Waals surface area contributed by atoms with Gasteiger partial charge in [-0.1, -0.05) is 6.92 Å². The van der Waals surface area contributed by atoms with E-state index in [0.29, 0.717) is 12.8 Å². The fourth-order valence-electron chi connectivity index (χ4n) is 2.16. The second-order valence-electron chi connectivity index (χ2n) is 5.23. The average molecular weight is 306 g/mol. The highest BCUT2D eigenvalue weighted by Crippen LogP contribution is 2.17. The maximum absolute atomic E-state index is 12.0. The minimum Gasteiger partial charge on any atom is -0.480 e. The fraction of sp³-hybridized carbons (Fsp3) is 0.833. The summed E-state index contributed by atoms with van der Waals surface area (Å²) in [5, 5.41) is 11.5. The van der Waals surface area contributed by atoms with E-state index in [4.69, 9.17) is 5.11 Å². The van der Waals surface area contributed by atoms with Crippen LogP contribution in [0.5, 0.6) is 0 Å². The average Bonchev–Trinajstić information content (AvgIpc) is 2.71. The smallest absolute Gasteiger partial charge is 0.323 e. The van der Waals surface area contributed by atoms with Crippen molar-refractivity contribution in [2.45, 2.75) is 32.7 Å². The van der Waals surface area contributed by atoms with Crippen LogP contribution < -0.4 is 5.32 Å². The highest BCUT2D eigenvalue weighted by Gasteiger charge is 2.29.